The fraction of sp³-hybridized carbons (Fsp3) is 0.400. The molecule has 0 bridgehead atoms. The Labute approximate surface area is 135 Å². The van der Waals surface area contributed by atoms with Crippen LogP contribution in [0.15, 0.2) is 30.3 Å². The van der Waals surface area contributed by atoms with Gasteiger partial charge in [-0.05, 0) is 18.9 Å². The molecule has 0 aliphatic carbocycles. The summed E-state index contributed by atoms with van der Waals surface area (Å²) in [6.45, 7) is 3.37. The summed E-state index contributed by atoms with van der Waals surface area (Å²) in [5, 5.41) is 8.22. The van der Waals surface area contributed by atoms with E-state index in [4.69, 9.17) is 5.73 Å². The van der Waals surface area contributed by atoms with Crippen LogP contribution in [0, 0.1) is 0 Å². The second kappa shape index (κ2) is 6.89. The largest absolute Gasteiger partial charge is 0.333 e. The summed E-state index contributed by atoms with van der Waals surface area (Å²) >= 11 is 0. The van der Waals surface area contributed by atoms with E-state index < -0.39 is 0 Å². The van der Waals surface area contributed by atoms with Gasteiger partial charge in [-0.25, -0.2) is 0 Å². The van der Waals surface area contributed by atoms with Gasteiger partial charge in [0.2, 0.25) is 5.91 Å². The van der Waals surface area contributed by atoms with Gasteiger partial charge in [0.25, 0.3) is 0 Å². The van der Waals surface area contributed by atoms with Crippen LogP contribution in [-0.4, -0.2) is 32.1 Å². The van der Waals surface area contributed by atoms with Crippen molar-refractivity contribution in [2.24, 2.45) is 5.73 Å². The molecule has 6 nitrogen and oxygen atoms in total. The number of hydrogen-bond donors (Lipinski definition) is 1. The van der Waals surface area contributed by atoms with E-state index in [1.807, 2.05) is 34.6 Å². The molecule has 0 saturated carbocycles. The van der Waals surface area contributed by atoms with Crippen LogP contribution in [0.4, 0.5) is 0 Å². The number of carbonyl (C=O) groups is 1. The van der Waals surface area contributed by atoms with E-state index in [0.717, 1.165) is 12.2 Å². The molecule has 118 valence electrons. The van der Waals surface area contributed by atoms with Crippen molar-refractivity contribution >= 4 is 18.3 Å². The quantitative estimate of drug-likeness (QED) is 0.921. The molecule has 0 fully saturated rings. The van der Waals surface area contributed by atoms with Crippen molar-refractivity contribution in [1.29, 1.82) is 0 Å². The summed E-state index contributed by atoms with van der Waals surface area (Å²) < 4.78 is 1.86. The smallest absolute Gasteiger partial charge is 0.245 e. The van der Waals surface area contributed by atoms with Gasteiger partial charge in [-0.1, -0.05) is 30.3 Å². The van der Waals surface area contributed by atoms with E-state index in [9.17, 15) is 4.79 Å². The summed E-state index contributed by atoms with van der Waals surface area (Å²) in [6, 6.07) is 9.90. The van der Waals surface area contributed by atoms with Crippen molar-refractivity contribution < 1.29 is 4.79 Å². The predicted octanol–water partition coefficient (Wildman–Crippen LogP) is 1.30. The van der Waals surface area contributed by atoms with Crippen LogP contribution in [0.2, 0.25) is 0 Å². The van der Waals surface area contributed by atoms with Crippen LogP contribution in [0.3, 0.4) is 0 Å². The maximum Gasteiger partial charge on any atom is 0.245 e. The van der Waals surface area contributed by atoms with Gasteiger partial charge in [-0.2, -0.15) is 0 Å². The number of fused-ring (bicyclic) bond motifs is 1. The Morgan fingerprint density at radius 3 is 2.68 bits per heavy atom. The third-order valence-corrected chi connectivity index (χ3v) is 3.92. The Hall–Kier alpha value is -1.92. The van der Waals surface area contributed by atoms with Crippen LogP contribution in [0.25, 0.3) is 0 Å². The summed E-state index contributed by atoms with van der Waals surface area (Å²) in [4.78, 5) is 14.3. The number of nitrogens with zero attached hydrogens (tertiary/aromatic N) is 4. The molecule has 0 radical (unpaired) electrons. The average Bonchev–Trinajstić information content (AvgIpc) is 2.93. The Bertz CT molecular complexity index is 643. The first-order valence-corrected chi connectivity index (χ1v) is 7.16. The molecule has 1 aromatic carbocycles. The minimum absolute atomic E-state index is 0. The predicted molar refractivity (Wildman–Crippen MR) is 85.4 cm³/mol. The van der Waals surface area contributed by atoms with Gasteiger partial charge in [0.1, 0.15) is 11.9 Å². The molecule has 2 N–H and O–H groups in total. The van der Waals surface area contributed by atoms with Gasteiger partial charge in [0.15, 0.2) is 5.82 Å². The fourth-order valence-electron chi connectivity index (χ4n) is 2.78. The van der Waals surface area contributed by atoms with Crippen LogP contribution >= 0.6 is 12.4 Å². The monoisotopic (exact) mass is 321 g/mol. The standard InChI is InChI=1S/C15H19N5O.ClH/c1-11-15(21)19(8-7-12-5-3-2-4-6-12)10-14-18-17-13(9-16)20(11)14;/h2-6,11H,7-10,16H2,1H3;1H/t11-;/m0./s1. The first-order valence-electron chi connectivity index (χ1n) is 7.16. The lowest BCUT2D eigenvalue weighted by Crippen LogP contribution is -2.43. The topological polar surface area (TPSA) is 77.0 Å². The number of hydrogen-bond acceptors (Lipinski definition) is 4. The van der Waals surface area contributed by atoms with Gasteiger partial charge in [-0.15, -0.1) is 22.6 Å². The summed E-state index contributed by atoms with van der Waals surface area (Å²) in [5.74, 6) is 1.59. The Kier molecular flexibility index (Phi) is 5.15. The molecule has 0 saturated heterocycles. The normalized spacial score (nSPS) is 17.1. The lowest BCUT2D eigenvalue weighted by molar-refractivity contribution is -0.137. The highest BCUT2D eigenvalue weighted by Gasteiger charge is 2.32. The zero-order chi connectivity index (χ0) is 14.8. The van der Waals surface area contributed by atoms with Gasteiger partial charge in [-0.3, -0.25) is 9.36 Å². The highest BCUT2D eigenvalue weighted by Crippen LogP contribution is 2.22. The van der Waals surface area contributed by atoms with Gasteiger partial charge in [0, 0.05) is 6.54 Å². The molecule has 0 spiro atoms. The average molecular weight is 322 g/mol. The van der Waals surface area contributed by atoms with Crippen LogP contribution in [0.5, 0.6) is 0 Å². The van der Waals surface area contributed by atoms with Crippen molar-refractivity contribution in [3.05, 3.63) is 47.5 Å². The highest BCUT2D eigenvalue weighted by molar-refractivity contribution is 5.85. The van der Waals surface area contributed by atoms with Crippen molar-refractivity contribution in [3.63, 3.8) is 0 Å². The second-order valence-electron chi connectivity index (χ2n) is 5.28. The fourth-order valence-corrected chi connectivity index (χ4v) is 2.78. The SMILES string of the molecule is C[C@H]1C(=O)N(CCc2ccccc2)Cc2nnc(CN)n21.Cl. The maximum atomic E-state index is 12.5. The number of amides is 1. The first-order chi connectivity index (χ1) is 10.2. The maximum absolute atomic E-state index is 12.5. The molecule has 3 rings (SSSR count). The van der Waals surface area contributed by atoms with Crippen LogP contribution in [-0.2, 0) is 24.3 Å². The van der Waals surface area contributed by atoms with Crippen molar-refractivity contribution in [3.8, 4) is 0 Å². The summed E-state index contributed by atoms with van der Waals surface area (Å²) in [5.41, 5.74) is 6.88. The van der Waals surface area contributed by atoms with Crippen molar-refractivity contribution in [2.45, 2.75) is 32.5 Å². The Balaban J connectivity index is 0.00000176. The molecule has 2 aromatic rings. The molecular weight excluding hydrogens is 302 g/mol. The number of benzene rings is 1. The van der Waals surface area contributed by atoms with E-state index in [1.165, 1.54) is 5.56 Å². The summed E-state index contributed by atoms with van der Waals surface area (Å²) in [7, 11) is 0. The van der Waals surface area contributed by atoms with Crippen LogP contribution in [0.1, 0.15) is 30.2 Å². The number of rotatable bonds is 4. The third kappa shape index (κ3) is 2.98. The van der Waals surface area contributed by atoms with E-state index in [2.05, 4.69) is 22.3 Å². The van der Waals surface area contributed by atoms with Gasteiger partial charge >= 0.3 is 0 Å². The number of carbonyl (C=O) groups excluding carboxylic acids is 1. The molecule has 1 amide bonds. The van der Waals surface area contributed by atoms with Crippen molar-refractivity contribution in [1.82, 2.24) is 19.7 Å². The molecule has 1 aliphatic heterocycles. The molecule has 22 heavy (non-hydrogen) atoms. The second-order valence-corrected chi connectivity index (χ2v) is 5.28. The Morgan fingerprint density at radius 1 is 1.27 bits per heavy atom. The van der Waals surface area contributed by atoms with E-state index in [-0.39, 0.29) is 24.4 Å². The van der Waals surface area contributed by atoms with E-state index >= 15 is 0 Å². The molecule has 1 atom stereocenters. The van der Waals surface area contributed by atoms with Gasteiger partial charge < -0.3 is 10.6 Å². The molecular formula is C15H20ClN5O. The number of aromatic nitrogens is 3. The zero-order valence-electron chi connectivity index (χ0n) is 12.5. The molecule has 7 heteroatoms. The van der Waals surface area contributed by atoms with Gasteiger partial charge in [0.05, 0.1) is 13.1 Å². The third-order valence-electron chi connectivity index (χ3n) is 3.92. The van der Waals surface area contributed by atoms with E-state index in [0.29, 0.717) is 25.5 Å². The molecule has 2 heterocycles. The molecule has 1 aliphatic rings. The molecule has 1 aromatic heterocycles. The Morgan fingerprint density at radius 2 is 2.00 bits per heavy atom. The highest BCUT2D eigenvalue weighted by atomic mass is 35.5. The summed E-state index contributed by atoms with van der Waals surface area (Å²) in [6.07, 6.45) is 0.844. The first kappa shape index (κ1) is 16.5. The van der Waals surface area contributed by atoms with E-state index in [1.54, 1.807) is 0 Å². The minimum atomic E-state index is -0.280. The van der Waals surface area contributed by atoms with Crippen molar-refractivity contribution in [2.75, 3.05) is 6.54 Å². The minimum Gasteiger partial charge on any atom is -0.333 e. The lowest BCUT2D eigenvalue weighted by atomic mass is 10.1. The number of nitrogens with two attached hydrogens (primary N) is 1. The number of halogens is 1. The lowest BCUT2D eigenvalue weighted by Gasteiger charge is -2.32. The molecule has 0 unspecified atom stereocenters. The van der Waals surface area contributed by atoms with Crippen LogP contribution < -0.4 is 5.73 Å². The zero-order valence-corrected chi connectivity index (χ0v) is 13.3.